The van der Waals surface area contributed by atoms with Crippen molar-refractivity contribution in [3.05, 3.63) is 71.9 Å². The Kier molecular flexibility index (Phi) is 6.34. The fourth-order valence-electron chi connectivity index (χ4n) is 3.16. The lowest BCUT2D eigenvalue weighted by atomic mass is 10.1. The summed E-state index contributed by atoms with van der Waals surface area (Å²) >= 11 is 0. The molecule has 2 aromatic carbocycles. The number of ether oxygens (including phenoxy) is 2. The van der Waals surface area contributed by atoms with Crippen LogP contribution in [0, 0.1) is 6.92 Å². The summed E-state index contributed by atoms with van der Waals surface area (Å²) in [6.45, 7) is 4.92. The number of pyridine rings is 1. The van der Waals surface area contributed by atoms with Crippen LogP contribution >= 0.6 is 0 Å². The third-order valence-electron chi connectivity index (χ3n) is 4.57. The molecule has 1 N–H and O–H groups in total. The van der Waals surface area contributed by atoms with E-state index in [9.17, 15) is 4.79 Å². The number of aromatic nitrogens is 1. The first-order chi connectivity index (χ1) is 14.1. The van der Waals surface area contributed by atoms with Crippen molar-refractivity contribution in [1.82, 2.24) is 4.98 Å². The smallest absolute Gasteiger partial charge is 0.263 e. The number of carbonyl (C=O) groups is 1. The van der Waals surface area contributed by atoms with E-state index in [1.165, 1.54) is 19.8 Å². The Morgan fingerprint density at radius 2 is 1.72 bits per heavy atom. The second-order valence-electron chi connectivity index (χ2n) is 6.48. The van der Waals surface area contributed by atoms with E-state index in [1.807, 2.05) is 18.2 Å². The number of anilines is 3. The van der Waals surface area contributed by atoms with Crippen LogP contribution in [0.3, 0.4) is 0 Å². The van der Waals surface area contributed by atoms with Gasteiger partial charge in [0.1, 0.15) is 22.9 Å². The van der Waals surface area contributed by atoms with Crippen molar-refractivity contribution in [2.24, 2.45) is 0 Å². The predicted octanol–water partition coefficient (Wildman–Crippen LogP) is 4.82. The highest BCUT2D eigenvalue weighted by atomic mass is 16.5. The molecule has 0 bridgehead atoms. The van der Waals surface area contributed by atoms with Gasteiger partial charge in [-0.05, 0) is 55.8 Å². The zero-order chi connectivity index (χ0) is 20.8. The number of hydrogen-bond donors (Lipinski definition) is 1. The van der Waals surface area contributed by atoms with E-state index < -0.39 is 0 Å². The van der Waals surface area contributed by atoms with Crippen LogP contribution in [0.5, 0.6) is 11.5 Å². The van der Waals surface area contributed by atoms with E-state index in [2.05, 4.69) is 47.2 Å². The van der Waals surface area contributed by atoms with Crippen LogP contribution < -0.4 is 19.7 Å². The van der Waals surface area contributed by atoms with Crippen molar-refractivity contribution >= 4 is 23.1 Å². The third-order valence-corrected chi connectivity index (χ3v) is 4.57. The number of rotatable bonds is 7. The summed E-state index contributed by atoms with van der Waals surface area (Å²) in [6, 6.07) is 17.2. The molecule has 150 valence electrons. The molecular formula is C23H25N3O3. The minimum atomic E-state index is -0.320. The maximum atomic E-state index is 12.8. The summed E-state index contributed by atoms with van der Waals surface area (Å²) in [5.41, 5.74) is 3.20. The highest BCUT2D eigenvalue weighted by Crippen LogP contribution is 2.29. The lowest BCUT2D eigenvalue weighted by Crippen LogP contribution is -2.18. The summed E-state index contributed by atoms with van der Waals surface area (Å²) in [5.74, 6) is 1.39. The number of carbonyl (C=O) groups excluding carboxylic acids is 1. The van der Waals surface area contributed by atoms with Crippen LogP contribution in [0.2, 0.25) is 0 Å². The standard InChI is InChI=1S/C23H25N3O3/c1-5-26(18-9-6-8-16(2)14-18)21-13-12-17(15-24-21)25-23(27)22-19(28-3)10-7-11-20(22)29-4/h6-15H,5H2,1-4H3,(H,25,27). The van der Waals surface area contributed by atoms with Gasteiger partial charge in [-0.25, -0.2) is 4.98 Å². The van der Waals surface area contributed by atoms with E-state index >= 15 is 0 Å². The molecule has 0 unspecified atom stereocenters. The van der Waals surface area contributed by atoms with Gasteiger partial charge in [-0.1, -0.05) is 18.2 Å². The highest BCUT2D eigenvalue weighted by Gasteiger charge is 2.18. The molecule has 0 aliphatic rings. The molecule has 3 aromatic rings. The van der Waals surface area contributed by atoms with Gasteiger partial charge >= 0.3 is 0 Å². The Morgan fingerprint density at radius 3 is 2.28 bits per heavy atom. The summed E-state index contributed by atoms with van der Waals surface area (Å²) in [6.07, 6.45) is 1.65. The molecule has 29 heavy (non-hydrogen) atoms. The minimum Gasteiger partial charge on any atom is -0.496 e. The SMILES string of the molecule is CCN(c1cccc(C)c1)c1ccc(NC(=O)c2c(OC)cccc2OC)cn1. The Bertz CT molecular complexity index is 965. The Hall–Kier alpha value is -3.54. The molecule has 0 fully saturated rings. The minimum absolute atomic E-state index is 0.320. The van der Waals surface area contributed by atoms with E-state index in [-0.39, 0.29) is 5.91 Å². The van der Waals surface area contributed by atoms with Crippen LogP contribution in [-0.4, -0.2) is 31.7 Å². The Balaban J connectivity index is 1.81. The van der Waals surface area contributed by atoms with Gasteiger partial charge in [0.2, 0.25) is 0 Å². The number of benzene rings is 2. The van der Waals surface area contributed by atoms with Gasteiger partial charge in [-0.2, -0.15) is 0 Å². The number of methoxy groups -OCH3 is 2. The molecule has 0 saturated carbocycles. The maximum absolute atomic E-state index is 12.8. The fraction of sp³-hybridized carbons (Fsp3) is 0.217. The molecule has 0 spiro atoms. The van der Waals surface area contributed by atoms with Crippen LogP contribution in [0.1, 0.15) is 22.8 Å². The first kappa shape index (κ1) is 20.2. The first-order valence-electron chi connectivity index (χ1n) is 9.40. The molecule has 0 aliphatic heterocycles. The van der Waals surface area contributed by atoms with E-state index in [1.54, 1.807) is 24.4 Å². The van der Waals surface area contributed by atoms with Gasteiger partial charge in [-0.15, -0.1) is 0 Å². The van der Waals surface area contributed by atoms with Gasteiger partial charge in [0, 0.05) is 12.2 Å². The van der Waals surface area contributed by atoms with Gasteiger partial charge in [-0.3, -0.25) is 4.79 Å². The van der Waals surface area contributed by atoms with Crippen molar-refractivity contribution in [2.45, 2.75) is 13.8 Å². The highest BCUT2D eigenvalue weighted by molar-refractivity contribution is 6.08. The molecule has 1 amide bonds. The van der Waals surface area contributed by atoms with Crippen molar-refractivity contribution in [1.29, 1.82) is 0 Å². The van der Waals surface area contributed by atoms with E-state index in [0.717, 1.165) is 18.1 Å². The van der Waals surface area contributed by atoms with Crippen LogP contribution in [0.4, 0.5) is 17.2 Å². The average Bonchev–Trinajstić information content (AvgIpc) is 2.74. The van der Waals surface area contributed by atoms with Crippen LogP contribution in [0.25, 0.3) is 0 Å². The van der Waals surface area contributed by atoms with Crippen molar-refractivity contribution < 1.29 is 14.3 Å². The Labute approximate surface area is 171 Å². The number of aryl methyl sites for hydroxylation is 1. The van der Waals surface area contributed by atoms with Gasteiger partial charge < -0.3 is 19.7 Å². The van der Waals surface area contributed by atoms with Crippen LogP contribution in [0.15, 0.2) is 60.8 Å². The molecule has 1 aromatic heterocycles. The lowest BCUT2D eigenvalue weighted by molar-refractivity contribution is 0.102. The fourth-order valence-corrected chi connectivity index (χ4v) is 3.16. The number of nitrogens with one attached hydrogen (secondary N) is 1. The third kappa shape index (κ3) is 4.48. The number of nitrogens with zero attached hydrogens (tertiary/aromatic N) is 2. The largest absolute Gasteiger partial charge is 0.496 e. The molecule has 0 saturated heterocycles. The summed E-state index contributed by atoms with van der Waals surface area (Å²) in [7, 11) is 3.04. The van der Waals surface area contributed by atoms with Gasteiger partial charge in [0.05, 0.1) is 26.1 Å². The summed E-state index contributed by atoms with van der Waals surface area (Å²) in [5, 5.41) is 2.86. The average molecular weight is 391 g/mol. The molecule has 0 radical (unpaired) electrons. The number of hydrogen-bond acceptors (Lipinski definition) is 5. The first-order valence-corrected chi connectivity index (χ1v) is 9.40. The summed E-state index contributed by atoms with van der Waals surface area (Å²) < 4.78 is 10.6. The molecule has 3 rings (SSSR count). The normalized spacial score (nSPS) is 10.3. The van der Waals surface area contributed by atoms with Crippen molar-refractivity contribution in [3.8, 4) is 11.5 Å². The van der Waals surface area contributed by atoms with E-state index in [0.29, 0.717) is 22.7 Å². The summed E-state index contributed by atoms with van der Waals surface area (Å²) in [4.78, 5) is 19.4. The molecule has 6 heteroatoms. The van der Waals surface area contributed by atoms with Gasteiger partial charge in [0.25, 0.3) is 5.91 Å². The zero-order valence-corrected chi connectivity index (χ0v) is 17.1. The maximum Gasteiger partial charge on any atom is 0.263 e. The van der Waals surface area contributed by atoms with Gasteiger partial charge in [0.15, 0.2) is 0 Å². The van der Waals surface area contributed by atoms with Crippen molar-refractivity contribution in [2.75, 3.05) is 31.0 Å². The van der Waals surface area contributed by atoms with Crippen molar-refractivity contribution in [3.63, 3.8) is 0 Å². The second-order valence-corrected chi connectivity index (χ2v) is 6.48. The molecule has 1 heterocycles. The Morgan fingerprint density at radius 1 is 1.03 bits per heavy atom. The predicted molar refractivity (Wildman–Crippen MR) is 116 cm³/mol. The zero-order valence-electron chi connectivity index (χ0n) is 17.1. The molecule has 0 aliphatic carbocycles. The second kappa shape index (κ2) is 9.10. The molecule has 0 atom stereocenters. The lowest BCUT2D eigenvalue weighted by Gasteiger charge is -2.22. The molecular weight excluding hydrogens is 366 g/mol. The monoisotopic (exact) mass is 391 g/mol. The number of amides is 1. The topological polar surface area (TPSA) is 63.7 Å². The quantitative estimate of drug-likeness (QED) is 0.626. The van der Waals surface area contributed by atoms with Crippen LogP contribution in [-0.2, 0) is 0 Å². The molecule has 6 nitrogen and oxygen atoms in total. The van der Waals surface area contributed by atoms with E-state index in [4.69, 9.17) is 9.47 Å².